The molecule has 2 aliphatic rings. The fraction of sp³-hybridized carbons (Fsp3) is 0.467. The van der Waals surface area contributed by atoms with Crippen LogP contribution in [-0.4, -0.2) is 12.7 Å². The molecule has 0 radical (unpaired) electrons. The Morgan fingerprint density at radius 1 is 1.00 bits per heavy atom. The summed E-state index contributed by atoms with van der Waals surface area (Å²) in [7, 11) is 0. The van der Waals surface area contributed by atoms with Gasteiger partial charge < -0.3 is 4.74 Å². The monoisotopic (exact) mass is 430 g/mol. The predicted molar refractivity (Wildman–Crippen MR) is 130 cm³/mol. The standard InChI is InChI=1S/C30H35FO/c1-3-5-6-23-10-14-25(30(31)19-23)13-9-22-7-11-24(12-8-22)26-15-16-28-21-29(32-4-2)18-17-27(28)20-26/h3,7-8,10-12,14,19,26-29H,1,4-6,15-18,20-21H2,2H3. The van der Waals surface area contributed by atoms with E-state index in [-0.39, 0.29) is 5.82 Å². The van der Waals surface area contributed by atoms with Crippen molar-refractivity contribution in [1.29, 1.82) is 0 Å². The molecule has 0 saturated heterocycles. The fourth-order valence-corrected chi connectivity index (χ4v) is 5.60. The van der Waals surface area contributed by atoms with Gasteiger partial charge in [-0.1, -0.05) is 36.1 Å². The molecule has 2 aliphatic carbocycles. The summed E-state index contributed by atoms with van der Waals surface area (Å²) < 4.78 is 20.3. The first-order valence-electron chi connectivity index (χ1n) is 12.3. The third-order valence-electron chi connectivity index (χ3n) is 7.36. The number of hydrogen-bond acceptors (Lipinski definition) is 1. The molecule has 168 valence electrons. The van der Waals surface area contributed by atoms with Crippen LogP contribution in [0.2, 0.25) is 0 Å². The van der Waals surface area contributed by atoms with E-state index in [9.17, 15) is 4.39 Å². The van der Waals surface area contributed by atoms with Crippen LogP contribution in [0.4, 0.5) is 4.39 Å². The second-order valence-electron chi connectivity index (χ2n) is 9.43. The van der Waals surface area contributed by atoms with Gasteiger partial charge in [0.15, 0.2) is 0 Å². The van der Waals surface area contributed by atoms with E-state index in [1.807, 2.05) is 12.1 Å². The molecule has 0 spiro atoms. The zero-order chi connectivity index (χ0) is 22.3. The zero-order valence-electron chi connectivity index (χ0n) is 19.3. The molecule has 0 amide bonds. The van der Waals surface area contributed by atoms with Gasteiger partial charge in [0.1, 0.15) is 5.82 Å². The third kappa shape index (κ3) is 5.70. The SMILES string of the molecule is C=CCCc1ccc(C#Cc2ccc(C3CCC4CC(OCC)CCC4C3)cc2)c(F)c1. The van der Waals surface area contributed by atoms with Crippen molar-refractivity contribution >= 4 is 0 Å². The summed E-state index contributed by atoms with van der Waals surface area (Å²) in [6.07, 6.45) is 11.7. The van der Waals surface area contributed by atoms with Crippen LogP contribution < -0.4 is 0 Å². The van der Waals surface area contributed by atoms with Gasteiger partial charge in [-0.2, -0.15) is 0 Å². The molecule has 0 bridgehead atoms. The molecule has 32 heavy (non-hydrogen) atoms. The minimum atomic E-state index is -0.244. The molecule has 4 unspecified atom stereocenters. The first kappa shape index (κ1) is 22.8. The molecule has 0 aliphatic heterocycles. The lowest BCUT2D eigenvalue weighted by Gasteiger charge is -2.42. The largest absolute Gasteiger partial charge is 0.378 e. The maximum absolute atomic E-state index is 14.4. The third-order valence-corrected chi connectivity index (χ3v) is 7.36. The first-order chi connectivity index (χ1) is 15.7. The van der Waals surface area contributed by atoms with Crippen LogP contribution in [0.5, 0.6) is 0 Å². The molecule has 4 rings (SSSR count). The Bertz CT molecular complexity index is 965. The molecule has 2 heteroatoms. The maximum atomic E-state index is 14.4. The number of ether oxygens (including phenoxy) is 1. The second-order valence-corrected chi connectivity index (χ2v) is 9.43. The van der Waals surface area contributed by atoms with Crippen LogP contribution in [-0.2, 0) is 11.2 Å². The average Bonchev–Trinajstić information content (AvgIpc) is 2.82. The van der Waals surface area contributed by atoms with Crippen LogP contribution >= 0.6 is 0 Å². The van der Waals surface area contributed by atoms with E-state index >= 15 is 0 Å². The topological polar surface area (TPSA) is 9.23 Å². The number of allylic oxidation sites excluding steroid dienone is 1. The van der Waals surface area contributed by atoms with Crippen molar-refractivity contribution in [3.63, 3.8) is 0 Å². The molecule has 2 saturated carbocycles. The highest BCUT2D eigenvalue weighted by Gasteiger charge is 2.36. The number of aryl methyl sites for hydroxylation is 1. The van der Waals surface area contributed by atoms with Gasteiger partial charge in [-0.15, -0.1) is 6.58 Å². The van der Waals surface area contributed by atoms with Crippen molar-refractivity contribution in [1.82, 2.24) is 0 Å². The molecule has 0 heterocycles. The Hall–Kier alpha value is -2.37. The van der Waals surface area contributed by atoms with Gasteiger partial charge in [-0.05, 0) is 111 Å². The van der Waals surface area contributed by atoms with Crippen molar-refractivity contribution in [2.75, 3.05) is 6.61 Å². The first-order valence-corrected chi connectivity index (χ1v) is 12.3. The second kappa shape index (κ2) is 11.0. The number of rotatable bonds is 6. The lowest BCUT2D eigenvalue weighted by atomic mass is 9.65. The fourth-order valence-electron chi connectivity index (χ4n) is 5.60. The summed E-state index contributed by atoms with van der Waals surface area (Å²) in [6.45, 7) is 6.67. The van der Waals surface area contributed by atoms with Crippen LogP contribution in [0.15, 0.2) is 55.1 Å². The number of benzene rings is 2. The molecule has 2 aromatic carbocycles. The lowest BCUT2D eigenvalue weighted by Crippen LogP contribution is -2.33. The number of hydrogen-bond donors (Lipinski definition) is 0. The van der Waals surface area contributed by atoms with E-state index in [0.29, 0.717) is 17.6 Å². The predicted octanol–water partition coefficient (Wildman–Crippen LogP) is 7.43. The Labute approximate surface area is 193 Å². The van der Waals surface area contributed by atoms with Crippen molar-refractivity contribution in [2.45, 2.75) is 70.3 Å². The van der Waals surface area contributed by atoms with E-state index in [1.165, 1.54) is 44.1 Å². The summed E-state index contributed by atoms with van der Waals surface area (Å²) >= 11 is 0. The highest BCUT2D eigenvalue weighted by atomic mass is 19.1. The highest BCUT2D eigenvalue weighted by Crippen LogP contribution is 2.46. The van der Waals surface area contributed by atoms with E-state index in [1.54, 1.807) is 12.1 Å². The summed E-state index contributed by atoms with van der Waals surface area (Å²) in [4.78, 5) is 0. The average molecular weight is 431 g/mol. The summed E-state index contributed by atoms with van der Waals surface area (Å²) in [5.41, 5.74) is 3.81. The van der Waals surface area contributed by atoms with Gasteiger partial charge in [0, 0.05) is 12.2 Å². The van der Waals surface area contributed by atoms with Crippen LogP contribution in [0.1, 0.15) is 80.0 Å². The minimum Gasteiger partial charge on any atom is -0.378 e. The van der Waals surface area contributed by atoms with Gasteiger partial charge in [0.25, 0.3) is 0 Å². The van der Waals surface area contributed by atoms with Crippen LogP contribution in [0.3, 0.4) is 0 Å². The highest BCUT2D eigenvalue weighted by molar-refractivity contribution is 5.45. The van der Waals surface area contributed by atoms with Gasteiger partial charge in [-0.3, -0.25) is 0 Å². The molecule has 2 fully saturated rings. The smallest absolute Gasteiger partial charge is 0.139 e. The summed E-state index contributed by atoms with van der Waals surface area (Å²) in [6, 6.07) is 14.0. The van der Waals surface area contributed by atoms with E-state index in [2.05, 4.69) is 49.6 Å². The molecular weight excluding hydrogens is 395 g/mol. The van der Waals surface area contributed by atoms with Gasteiger partial charge >= 0.3 is 0 Å². The number of fused-ring (bicyclic) bond motifs is 1. The molecule has 2 aromatic rings. The normalized spacial score (nSPS) is 24.8. The van der Waals surface area contributed by atoms with E-state index in [0.717, 1.165) is 42.4 Å². The van der Waals surface area contributed by atoms with Crippen LogP contribution in [0, 0.1) is 29.5 Å². The Kier molecular flexibility index (Phi) is 7.82. The van der Waals surface area contributed by atoms with Gasteiger partial charge in [0.05, 0.1) is 11.7 Å². The summed E-state index contributed by atoms with van der Waals surface area (Å²) in [5, 5.41) is 0. The Balaban J connectivity index is 1.36. The molecular formula is C30H35FO. The van der Waals surface area contributed by atoms with E-state index < -0.39 is 0 Å². The van der Waals surface area contributed by atoms with E-state index in [4.69, 9.17) is 4.74 Å². The molecule has 4 atom stereocenters. The van der Waals surface area contributed by atoms with Crippen molar-refractivity contribution in [2.24, 2.45) is 11.8 Å². The van der Waals surface area contributed by atoms with Gasteiger partial charge in [-0.25, -0.2) is 4.39 Å². The summed E-state index contributed by atoms with van der Waals surface area (Å²) in [5.74, 6) is 8.25. The molecule has 0 N–H and O–H groups in total. The Morgan fingerprint density at radius 3 is 2.53 bits per heavy atom. The zero-order valence-corrected chi connectivity index (χ0v) is 19.3. The Morgan fingerprint density at radius 2 is 1.78 bits per heavy atom. The molecule has 0 aromatic heterocycles. The number of halogens is 1. The van der Waals surface area contributed by atoms with Gasteiger partial charge in [0.2, 0.25) is 0 Å². The lowest BCUT2D eigenvalue weighted by molar-refractivity contribution is -0.00955. The quantitative estimate of drug-likeness (QED) is 0.342. The van der Waals surface area contributed by atoms with Crippen molar-refractivity contribution in [3.8, 4) is 11.8 Å². The van der Waals surface area contributed by atoms with Crippen LogP contribution in [0.25, 0.3) is 0 Å². The van der Waals surface area contributed by atoms with Crippen molar-refractivity contribution in [3.05, 3.63) is 83.2 Å². The minimum absolute atomic E-state index is 0.244. The van der Waals surface area contributed by atoms with Crippen molar-refractivity contribution < 1.29 is 9.13 Å². The maximum Gasteiger partial charge on any atom is 0.139 e. The molecule has 1 nitrogen and oxygen atoms in total.